The lowest BCUT2D eigenvalue weighted by Crippen LogP contribution is -2.26. The molecule has 1 aromatic rings. The molecule has 0 heterocycles. The average molecular weight is 220 g/mol. The fraction of sp³-hybridized carbons (Fsp3) is 0.500. The Bertz CT molecular complexity index is 417. The summed E-state index contributed by atoms with van der Waals surface area (Å²) in [6.45, 7) is 9.71. The highest BCUT2D eigenvalue weighted by atomic mass is 16.4. The maximum atomic E-state index is 11.1. The normalized spacial score (nSPS) is 11.6. The minimum Gasteiger partial charge on any atom is -0.481 e. The molecule has 0 amide bonds. The largest absolute Gasteiger partial charge is 0.481 e. The highest BCUT2D eigenvalue weighted by molar-refractivity contribution is 5.74. The number of aryl methyl sites for hydroxylation is 2. The van der Waals surface area contributed by atoms with Gasteiger partial charge in [0.15, 0.2) is 0 Å². The van der Waals surface area contributed by atoms with Gasteiger partial charge >= 0.3 is 5.97 Å². The molecule has 0 atom stereocenters. The predicted molar refractivity (Wildman–Crippen MR) is 65.8 cm³/mol. The first-order valence-electron chi connectivity index (χ1n) is 5.54. The second-order valence-corrected chi connectivity index (χ2v) is 5.23. The minimum absolute atomic E-state index is 0.580. The van der Waals surface area contributed by atoms with E-state index in [4.69, 9.17) is 5.11 Å². The van der Waals surface area contributed by atoms with E-state index in [1.54, 1.807) is 13.8 Å². The molecule has 0 radical (unpaired) electrons. The van der Waals surface area contributed by atoms with Gasteiger partial charge < -0.3 is 5.11 Å². The summed E-state index contributed by atoms with van der Waals surface area (Å²) >= 11 is 0. The van der Waals surface area contributed by atoms with Crippen molar-refractivity contribution in [3.63, 3.8) is 0 Å². The zero-order chi connectivity index (χ0) is 12.5. The van der Waals surface area contributed by atoms with Gasteiger partial charge in [-0.05, 0) is 57.7 Å². The molecule has 1 aromatic carbocycles. The molecule has 0 saturated heterocycles. The first-order chi connectivity index (χ1) is 7.24. The van der Waals surface area contributed by atoms with Crippen LogP contribution in [0.2, 0.25) is 0 Å². The summed E-state index contributed by atoms with van der Waals surface area (Å²) in [6.07, 6.45) is 0.580. The Balaban J connectivity index is 3.11. The molecule has 0 aliphatic heterocycles. The van der Waals surface area contributed by atoms with Crippen LogP contribution in [0.3, 0.4) is 0 Å². The van der Waals surface area contributed by atoms with E-state index >= 15 is 0 Å². The van der Waals surface area contributed by atoms with Crippen LogP contribution in [0.15, 0.2) is 12.1 Å². The number of hydrogen-bond acceptors (Lipinski definition) is 1. The van der Waals surface area contributed by atoms with Gasteiger partial charge in [0.05, 0.1) is 5.41 Å². The van der Waals surface area contributed by atoms with Crippen LogP contribution in [-0.4, -0.2) is 11.1 Å². The van der Waals surface area contributed by atoms with E-state index in [2.05, 4.69) is 26.0 Å². The molecule has 0 aromatic heterocycles. The third kappa shape index (κ3) is 2.63. The van der Waals surface area contributed by atoms with E-state index in [0.717, 1.165) is 5.56 Å². The van der Waals surface area contributed by atoms with Crippen LogP contribution in [0.4, 0.5) is 0 Å². The van der Waals surface area contributed by atoms with Crippen LogP contribution in [-0.2, 0) is 11.2 Å². The molecule has 0 aliphatic rings. The minimum atomic E-state index is -0.744. The molecule has 0 saturated carbocycles. The highest BCUT2D eigenvalue weighted by Crippen LogP contribution is 2.26. The van der Waals surface area contributed by atoms with Gasteiger partial charge in [0.2, 0.25) is 0 Å². The van der Waals surface area contributed by atoms with E-state index in [0.29, 0.717) is 6.42 Å². The van der Waals surface area contributed by atoms with Crippen molar-refractivity contribution in [1.29, 1.82) is 0 Å². The maximum Gasteiger partial charge on any atom is 0.309 e. The average Bonchev–Trinajstić information content (AvgIpc) is 2.12. The molecule has 0 bridgehead atoms. The van der Waals surface area contributed by atoms with Gasteiger partial charge in [-0.3, -0.25) is 4.79 Å². The van der Waals surface area contributed by atoms with Gasteiger partial charge in [-0.25, -0.2) is 0 Å². The summed E-state index contributed by atoms with van der Waals surface area (Å²) in [6, 6.07) is 4.22. The molecule has 0 spiro atoms. The zero-order valence-corrected chi connectivity index (χ0v) is 10.7. The summed E-state index contributed by atoms with van der Waals surface area (Å²) in [4.78, 5) is 11.1. The molecule has 2 nitrogen and oxygen atoms in total. The van der Waals surface area contributed by atoms with Gasteiger partial charge in [0.1, 0.15) is 0 Å². The van der Waals surface area contributed by atoms with Crippen LogP contribution >= 0.6 is 0 Å². The van der Waals surface area contributed by atoms with Gasteiger partial charge in [0, 0.05) is 0 Å². The summed E-state index contributed by atoms with van der Waals surface area (Å²) < 4.78 is 0. The molecule has 1 rings (SSSR count). The van der Waals surface area contributed by atoms with E-state index in [1.807, 2.05) is 6.92 Å². The summed E-state index contributed by atoms with van der Waals surface area (Å²) in [5.74, 6) is -0.744. The van der Waals surface area contributed by atoms with Crippen molar-refractivity contribution in [2.45, 2.75) is 41.0 Å². The Morgan fingerprint density at radius 2 is 1.81 bits per heavy atom. The molecule has 2 heteroatoms. The maximum absolute atomic E-state index is 11.1. The number of carboxylic acid groups (broad SMARTS) is 1. The standard InChI is InChI=1S/C14H20O2/c1-9-6-10(2)11(3)12(7-9)8-14(4,5)13(15)16/h6-7H,8H2,1-5H3,(H,15,16). The fourth-order valence-electron chi connectivity index (χ4n) is 1.86. The van der Waals surface area contributed by atoms with Crippen LogP contribution in [0.25, 0.3) is 0 Å². The molecular weight excluding hydrogens is 200 g/mol. The molecular formula is C14H20O2. The molecule has 0 unspecified atom stereocenters. The van der Waals surface area contributed by atoms with E-state index in [1.165, 1.54) is 16.7 Å². The second kappa shape index (κ2) is 4.28. The number of aliphatic carboxylic acids is 1. The monoisotopic (exact) mass is 220 g/mol. The number of benzene rings is 1. The molecule has 1 N–H and O–H groups in total. The number of hydrogen-bond donors (Lipinski definition) is 1. The first-order valence-corrected chi connectivity index (χ1v) is 5.54. The van der Waals surface area contributed by atoms with E-state index < -0.39 is 11.4 Å². The van der Waals surface area contributed by atoms with Crippen molar-refractivity contribution in [3.05, 3.63) is 34.4 Å². The molecule has 0 fully saturated rings. The van der Waals surface area contributed by atoms with Crippen LogP contribution in [0, 0.1) is 26.2 Å². The zero-order valence-electron chi connectivity index (χ0n) is 10.7. The summed E-state index contributed by atoms with van der Waals surface area (Å²) in [5.41, 5.74) is 4.07. The summed E-state index contributed by atoms with van der Waals surface area (Å²) in [5, 5.41) is 9.13. The van der Waals surface area contributed by atoms with Crippen molar-refractivity contribution in [3.8, 4) is 0 Å². The van der Waals surface area contributed by atoms with Crippen LogP contribution in [0.1, 0.15) is 36.1 Å². The lowest BCUT2D eigenvalue weighted by molar-refractivity contribution is -0.146. The van der Waals surface area contributed by atoms with Crippen molar-refractivity contribution >= 4 is 5.97 Å². The van der Waals surface area contributed by atoms with Gasteiger partial charge in [-0.2, -0.15) is 0 Å². The van der Waals surface area contributed by atoms with Crippen molar-refractivity contribution < 1.29 is 9.90 Å². The molecule has 88 valence electrons. The first kappa shape index (κ1) is 12.8. The van der Waals surface area contributed by atoms with E-state index in [-0.39, 0.29) is 0 Å². The van der Waals surface area contributed by atoms with E-state index in [9.17, 15) is 4.79 Å². The predicted octanol–water partition coefficient (Wildman–Crippen LogP) is 3.27. The number of rotatable bonds is 3. The molecule has 16 heavy (non-hydrogen) atoms. The Morgan fingerprint density at radius 1 is 1.25 bits per heavy atom. The Morgan fingerprint density at radius 3 is 2.31 bits per heavy atom. The quantitative estimate of drug-likeness (QED) is 0.848. The van der Waals surface area contributed by atoms with Crippen molar-refractivity contribution in [1.82, 2.24) is 0 Å². The molecule has 0 aliphatic carbocycles. The van der Waals surface area contributed by atoms with Gasteiger partial charge in [0.25, 0.3) is 0 Å². The van der Waals surface area contributed by atoms with Gasteiger partial charge in [-0.1, -0.05) is 17.7 Å². The number of carbonyl (C=O) groups is 1. The lowest BCUT2D eigenvalue weighted by atomic mass is 9.83. The van der Waals surface area contributed by atoms with Gasteiger partial charge in [-0.15, -0.1) is 0 Å². The van der Waals surface area contributed by atoms with Crippen LogP contribution in [0.5, 0.6) is 0 Å². The SMILES string of the molecule is Cc1cc(C)c(C)c(CC(C)(C)C(=O)O)c1. The summed E-state index contributed by atoms with van der Waals surface area (Å²) in [7, 11) is 0. The van der Waals surface area contributed by atoms with Crippen molar-refractivity contribution in [2.75, 3.05) is 0 Å². The topological polar surface area (TPSA) is 37.3 Å². The third-order valence-corrected chi connectivity index (χ3v) is 3.13. The van der Waals surface area contributed by atoms with Crippen molar-refractivity contribution in [2.24, 2.45) is 5.41 Å². The Hall–Kier alpha value is -1.31. The third-order valence-electron chi connectivity index (χ3n) is 3.13. The highest BCUT2D eigenvalue weighted by Gasteiger charge is 2.28. The van der Waals surface area contributed by atoms with Crippen LogP contribution < -0.4 is 0 Å². The smallest absolute Gasteiger partial charge is 0.309 e. The fourth-order valence-corrected chi connectivity index (χ4v) is 1.86. The second-order valence-electron chi connectivity index (χ2n) is 5.23. The Kier molecular flexibility index (Phi) is 3.41. The number of carboxylic acids is 1. The lowest BCUT2D eigenvalue weighted by Gasteiger charge is -2.21. The Labute approximate surface area is 97.3 Å².